The Hall–Kier alpha value is -1.00. The molecule has 0 N–H and O–H groups in total. The molecule has 0 nitrogen and oxygen atoms in total. The number of benzene rings is 1. The van der Waals surface area contributed by atoms with E-state index in [0.29, 0.717) is 5.56 Å². The second-order valence-corrected chi connectivity index (χ2v) is 2.63. The van der Waals surface area contributed by atoms with Gasteiger partial charge >= 0.3 is 0 Å². The fourth-order valence-electron chi connectivity index (χ4n) is 0.912. The third-order valence-corrected chi connectivity index (χ3v) is 1.64. The predicted molar refractivity (Wildman–Crippen MR) is 48.7 cm³/mol. The van der Waals surface area contributed by atoms with Crippen LogP contribution in [-0.2, 0) is 0 Å². The highest BCUT2D eigenvalue weighted by atomic mass is 35.5. The standard InChI is InChI=1S/C10H8ClF/c1-8-4-2-6-10(12)9(8)5-3-7-11/h2,4,6H,7H2,1H3. The summed E-state index contributed by atoms with van der Waals surface area (Å²) in [6.45, 7) is 1.82. The first kappa shape index (κ1) is 9.09. The van der Waals surface area contributed by atoms with Crippen molar-refractivity contribution in [3.8, 4) is 11.8 Å². The van der Waals surface area contributed by atoms with Crippen LogP contribution in [0.5, 0.6) is 0 Å². The fourth-order valence-corrected chi connectivity index (χ4v) is 0.979. The topological polar surface area (TPSA) is 0 Å². The Morgan fingerprint density at radius 2 is 2.25 bits per heavy atom. The Bertz CT molecular complexity index is 313. The summed E-state index contributed by atoms with van der Waals surface area (Å²) in [6, 6.07) is 4.88. The van der Waals surface area contributed by atoms with Gasteiger partial charge in [-0.15, -0.1) is 11.6 Å². The van der Waals surface area contributed by atoms with Crippen LogP contribution in [0.1, 0.15) is 11.1 Å². The minimum absolute atomic E-state index is 0.230. The highest BCUT2D eigenvalue weighted by Gasteiger charge is 1.99. The van der Waals surface area contributed by atoms with E-state index in [1.54, 1.807) is 6.07 Å². The molecule has 62 valence electrons. The van der Waals surface area contributed by atoms with Crippen molar-refractivity contribution < 1.29 is 4.39 Å². The highest BCUT2D eigenvalue weighted by molar-refractivity contribution is 6.19. The zero-order valence-corrected chi connectivity index (χ0v) is 7.45. The van der Waals surface area contributed by atoms with Gasteiger partial charge in [0.25, 0.3) is 0 Å². The van der Waals surface area contributed by atoms with Crippen molar-refractivity contribution in [1.82, 2.24) is 0 Å². The molecular formula is C10H8ClF. The van der Waals surface area contributed by atoms with E-state index < -0.39 is 0 Å². The molecule has 0 unspecified atom stereocenters. The van der Waals surface area contributed by atoms with E-state index in [2.05, 4.69) is 11.8 Å². The molecular weight excluding hydrogens is 175 g/mol. The molecule has 0 spiro atoms. The summed E-state index contributed by atoms with van der Waals surface area (Å²) in [6.07, 6.45) is 0. The smallest absolute Gasteiger partial charge is 0.139 e. The van der Waals surface area contributed by atoms with Gasteiger partial charge in [0, 0.05) is 0 Å². The second kappa shape index (κ2) is 4.13. The predicted octanol–water partition coefficient (Wildman–Crippen LogP) is 2.72. The molecule has 0 aliphatic rings. The third-order valence-electron chi connectivity index (χ3n) is 1.50. The molecule has 1 rings (SSSR count). The summed E-state index contributed by atoms with van der Waals surface area (Å²) in [5, 5.41) is 0. The second-order valence-electron chi connectivity index (χ2n) is 2.37. The van der Waals surface area contributed by atoms with Crippen molar-refractivity contribution in [2.24, 2.45) is 0 Å². The Morgan fingerprint density at radius 3 is 2.83 bits per heavy atom. The van der Waals surface area contributed by atoms with Crippen molar-refractivity contribution >= 4 is 11.6 Å². The van der Waals surface area contributed by atoms with Crippen LogP contribution in [0.3, 0.4) is 0 Å². The molecule has 0 saturated heterocycles. The van der Waals surface area contributed by atoms with Crippen LogP contribution in [-0.4, -0.2) is 5.88 Å². The molecule has 2 heteroatoms. The van der Waals surface area contributed by atoms with E-state index in [0.717, 1.165) is 5.56 Å². The lowest BCUT2D eigenvalue weighted by atomic mass is 10.1. The zero-order chi connectivity index (χ0) is 8.97. The lowest BCUT2D eigenvalue weighted by Gasteiger charge is -1.97. The average molecular weight is 183 g/mol. The maximum absolute atomic E-state index is 13.0. The number of aryl methyl sites for hydroxylation is 1. The molecule has 0 radical (unpaired) electrons. The number of halogens is 2. The van der Waals surface area contributed by atoms with E-state index in [9.17, 15) is 4.39 Å². The van der Waals surface area contributed by atoms with Crippen LogP contribution in [0.25, 0.3) is 0 Å². The monoisotopic (exact) mass is 182 g/mol. The average Bonchev–Trinajstić information content (AvgIpc) is 2.04. The van der Waals surface area contributed by atoms with Crippen molar-refractivity contribution in [3.05, 3.63) is 35.1 Å². The molecule has 1 aromatic rings. The van der Waals surface area contributed by atoms with Gasteiger partial charge in [-0.05, 0) is 18.6 Å². The molecule has 0 heterocycles. The Labute approximate surface area is 76.4 Å². The Balaban J connectivity index is 3.13. The first-order valence-corrected chi connectivity index (χ1v) is 4.09. The minimum atomic E-state index is -0.285. The molecule has 0 amide bonds. The molecule has 0 atom stereocenters. The van der Waals surface area contributed by atoms with E-state index >= 15 is 0 Å². The summed E-state index contributed by atoms with van der Waals surface area (Å²) < 4.78 is 13.0. The Morgan fingerprint density at radius 1 is 1.50 bits per heavy atom. The van der Waals surface area contributed by atoms with Crippen molar-refractivity contribution in [3.63, 3.8) is 0 Å². The third kappa shape index (κ3) is 1.99. The van der Waals surface area contributed by atoms with Crippen LogP contribution in [0.4, 0.5) is 4.39 Å². The normalized spacial score (nSPS) is 8.92. The van der Waals surface area contributed by atoms with Crippen LogP contribution in [0, 0.1) is 24.6 Å². The van der Waals surface area contributed by atoms with Crippen LogP contribution in [0.15, 0.2) is 18.2 Å². The van der Waals surface area contributed by atoms with E-state index in [1.165, 1.54) is 6.07 Å². The number of hydrogen-bond donors (Lipinski definition) is 0. The fraction of sp³-hybridized carbons (Fsp3) is 0.200. The van der Waals surface area contributed by atoms with Crippen LogP contribution < -0.4 is 0 Å². The van der Waals surface area contributed by atoms with Gasteiger partial charge in [-0.25, -0.2) is 4.39 Å². The molecule has 0 aliphatic heterocycles. The van der Waals surface area contributed by atoms with E-state index in [-0.39, 0.29) is 11.7 Å². The SMILES string of the molecule is Cc1cccc(F)c1C#CCCl. The summed E-state index contributed by atoms with van der Waals surface area (Å²) in [5.41, 5.74) is 1.28. The van der Waals surface area contributed by atoms with Crippen LogP contribution in [0.2, 0.25) is 0 Å². The summed E-state index contributed by atoms with van der Waals surface area (Å²) >= 11 is 5.36. The van der Waals surface area contributed by atoms with Crippen molar-refractivity contribution in [2.45, 2.75) is 6.92 Å². The highest BCUT2D eigenvalue weighted by Crippen LogP contribution is 2.10. The molecule has 0 saturated carbocycles. The van der Waals surface area contributed by atoms with Gasteiger partial charge in [-0.3, -0.25) is 0 Å². The van der Waals surface area contributed by atoms with Gasteiger partial charge in [0.15, 0.2) is 0 Å². The van der Waals surface area contributed by atoms with Crippen molar-refractivity contribution in [2.75, 3.05) is 5.88 Å². The van der Waals surface area contributed by atoms with Gasteiger partial charge in [-0.1, -0.05) is 24.0 Å². The van der Waals surface area contributed by atoms with Crippen molar-refractivity contribution in [1.29, 1.82) is 0 Å². The molecule has 1 aromatic carbocycles. The molecule has 12 heavy (non-hydrogen) atoms. The quantitative estimate of drug-likeness (QED) is 0.428. The zero-order valence-electron chi connectivity index (χ0n) is 6.70. The van der Waals surface area contributed by atoms with Gasteiger partial charge in [0.2, 0.25) is 0 Å². The summed E-state index contributed by atoms with van der Waals surface area (Å²) in [4.78, 5) is 0. The maximum Gasteiger partial charge on any atom is 0.139 e. The largest absolute Gasteiger partial charge is 0.206 e. The van der Waals surface area contributed by atoms with Crippen LogP contribution >= 0.6 is 11.6 Å². The lowest BCUT2D eigenvalue weighted by molar-refractivity contribution is 0.623. The van der Waals surface area contributed by atoms with Gasteiger partial charge < -0.3 is 0 Å². The molecule has 0 fully saturated rings. The molecule has 0 aromatic heterocycles. The van der Waals surface area contributed by atoms with Gasteiger partial charge in [-0.2, -0.15) is 0 Å². The Kier molecular flexibility index (Phi) is 3.13. The summed E-state index contributed by atoms with van der Waals surface area (Å²) in [7, 11) is 0. The maximum atomic E-state index is 13.0. The van der Waals surface area contributed by atoms with E-state index in [4.69, 9.17) is 11.6 Å². The van der Waals surface area contributed by atoms with Gasteiger partial charge in [0.05, 0.1) is 11.4 Å². The lowest BCUT2D eigenvalue weighted by Crippen LogP contribution is -1.87. The number of alkyl halides is 1. The first-order chi connectivity index (χ1) is 5.75. The minimum Gasteiger partial charge on any atom is -0.206 e. The molecule has 0 bridgehead atoms. The number of rotatable bonds is 0. The molecule has 0 aliphatic carbocycles. The van der Waals surface area contributed by atoms with E-state index in [1.807, 2.05) is 13.0 Å². The summed E-state index contributed by atoms with van der Waals surface area (Å²) in [5.74, 6) is 5.24. The first-order valence-electron chi connectivity index (χ1n) is 3.55. The number of hydrogen-bond acceptors (Lipinski definition) is 0. The van der Waals surface area contributed by atoms with Gasteiger partial charge in [0.1, 0.15) is 5.82 Å².